The molecule has 4 aromatic rings. The number of carbonyl (C=O) groups excluding carboxylic acids is 2. The van der Waals surface area contributed by atoms with Gasteiger partial charge in [0.15, 0.2) is 0 Å². The Hall–Kier alpha value is -4.39. The molecule has 3 aromatic carbocycles. The van der Waals surface area contributed by atoms with Gasteiger partial charge < -0.3 is 15.7 Å². The Morgan fingerprint density at radius 3 is 2.39 bits per heavy atom. The topological polar surface area (TPSA) is 96.3 Å². The van der Waals surface area contributed by atoms with Crippen LogP contribution >= 0.6 is 0 Å². The van der Waals surface area contributed by atoms with Gasteiger partial charge in [0.05, 0.1) is 11.4 Å². The van der Waals surface area contributed by atoms with E-state index in [4.69, 9.17) is 0 Å². The van der Waals surface area contributed by atoms with Crippen molar-refractivity contribution in [1.29, 1.82) is 0 Å². The van der Waals surface area contributed by atoms with E-state index in [1.54, 1.807) is 18.2 Å². The number of phenols is 1. The highest BCUT2D eigenvalue weighted by molar-refractivity contribution is 6.04. The number of carbonyl (C=O) groups is 2. The third kappa shape index (κ3) is 6.51. The van der Waals surface area contributed by atoms with Gasteiger partial charge in [0.25, 0.3) is 5.91 Å². The highest BCUT2D eigenvalue weighted by Crippen LogP contribution is 2.38. The molecular weight excluding hydrogens is 512 g/mol. The van der Waals surface area contributed by atoms with Crippen molar-refractivity contribution in [1.82, 2.24) is 15.1 Å². The third-order valence-electron chi connectivity index (χ3n) is 7.77. The number of phenolic OH excluding ortho intramolecular Hbond substituents is 1. The molecule has 1 aromatic heterocycles. The van der Waals surface area contributed by atoms with Crippen LogP contribution in [0.1, 0.15) is 85.1 Å². The Kier molecular flexibility index (Phi) is 7.97. The molecule has 0 atom stereocenters. The molecule has 1 aliphatic carbocycles. The lowest BCUT2D eigenvalue weighted by molar-refractivity contribution is 0.102. The maximum Gasteiger partial charge on any atom is 0.342 e. The molecule has 1 aliphatic rings. The molecular formula is C34H38N4O3. The Morgan fingerprint density at radius 2 is 1.71 bits per heavy atom. The maximum absolute atomic E-state index is 13.3. The number of hydrogen-bond donors (Lipinski definition) is 3. The first kappa shape index (κ1) is 28.1. The third-order valence-corrected chi connectivity index (χ3v) is 7.77. The van der Waals surface area contributed by atoms with Crippen LogP contribution < -0.4 is 10.6 Å². The number of aromatic hydroxyl groups is 1. The van der Waals surface area contributed by atoms with Gasteiger partial charge in [0, 0.05) is 29.3 Å². The summed E-state index contributed by atoms with van der Waals surface area (Å²) >= 11 is 0. The molecule has 1 saturated carbocycles. The van der Waals surface area contributed by atoms with Gasteiger partial charge in [-0.1, -0.05) is 75.6 Å². The van der Waals surface area contributed by atoms with Crippen molar-refractivity contribution in [2.45, 2.75) is 71.3 Å². The van der Waals surface area contributed by atoms with Crippen LogP contribution in [0.2, 0.25) is 0 Å². The summed E-state index contributed by atoms with van der Waals surface area (Å²) < 4.78 is 1.45. The van der Waals surface area contributed by atoms with Crippen LogP contribution in [-0.2, 0) is 12.0 Å². The number of amides is 2. The summed E-state index contributed by atoms with van der Waals surface area (Å²) in [6, 6.07) is 22.1. The first-order chi connectivity index (χ1) is 19.6. The van der Waals surface area contributed by atoms with Gasteiger partial charge in [-0.25, -0.2) is 4.79 Å². The van der Waals surface area contributed by atoms with E-state index in [1.165, 1.54) is 4.68 Å². The van der Waals surface area contributed by atoms with Crippen molar-refractivity contribution in [2.24, 2.45) is 0 Å². The highest BCUT2D eigenvalue weighted by atomic mass is 16.3. The smallest absolute Gasteiger partial charge is 0.342 e. The van der Waals surface area contributed by atoms with E-state index in [2.05, 4.69) is 36.5 Å². The van der Waals surface area contributed by atoms with E-state index in [1.807, 2.05) is 61.5 Å². The van der Waals surface area contributed by atoms with Crippen LogP contribution in [-0.4, -0.2) is 26.8 Å². The quantitative estimate of drug-likeness (QED) is 0.216. The Balaban J connectivity index is 1.39. The fraction of sp³-hybridized carbons (Fsp3) is 0.324. The van der Waals surface area contributed by atoms with Gasteiger partial charge in [-0.05, 0) is 72.7 Å². The summed E-state index contributed by atoms with van der Waals surface area (Å²) in [5, 5.41) is 21.4. The van der Waals surface area contributed by atoms with Crippen LogP contribution in [0, 0.1) is 6.92 Å². The number of nitrogens with zero attached hydrogens (tertiary/aromatic N) is 2. The predicted molar refractivity (Wildman–Crippen MR) is 162 cm³/mol. The summed E-state index contributed by atoms with van der Waals surface area (Å²) in [6.45, 7) is 8.81. The maximum atomic E-state index is 13.3. The average Bonchev–Trinajstić information content (AvgIpc) is 3.63. The zero-order valence-electron chi connectivity index (χ0n) is 24.2. The van der Waals surface area contributed by atoms with Crippen molar-refractivity contribution in [3.63, 3.8) is 0 Å². The molecule has 0 radical (unpaired) electrons. The van der Waals surface area contributed by atoms with E-state index in [9.17, 15) is 14.7 Å². The lowest BCUT2D eigenvalue weighted by Crippen LogP contribution is -2.30. The van der Waals surface area contributed by atoms with Crippen molar-refractivity contribution in [3.8, 4) is 17.0 Å². The normalized spacial score (nSPS) is 13.8. The van der Waals surface area contributed by atoms with Gasteiger partial charge in [-0.3, -0.25) is 4.79 Å². The molecule has 0 aliphatic heterocycles. The monoisotopic (exact) mass is 550 g/mol. The summed E-state index contributed by atoms with van der Waals surface area (Å²) in [5.74, 6) is 0.0113. The molecule has 5 rings (SSSR count). The number of nitrogens with one attached hydrogen (secondary N) is 2. The van der Waals surface area contributed by atoms with Gasteiger partial charge >= 0.3 is 6.03 Å². The van der Waals surface area contributed by atoms with Crippen LogP contribution in [0.3, 0.4) is 0 Å². The fourth-order valence-electron chi connectivity index (χ4n) is 5.42. The second-order valence-electron chi connectivity index (χ2n) is 12.0. The summed E-state index contributed by atoms with van der Waals surface area (Å²) in [4.78, 5) is 26.3. The van der Waals surface area contributed by atoms with Gasteiger partial charge in [0.1, 0.15) is 5.75 Å². The van der Waals surface area contributed by atoms with Crippen molar-refractivity contribution in [2.75, 3.05) is 5.32 Å². The molecule has 0 unspecified atom stereocenters. The van der Waals surface area contributed by atoms with E-state index < -0.39 is 0 Å². The predicted octanol–water partition coefficient (Wildman–Crippen LogP) is 7.53. The first-order valence-electron chi connectivity index (χ1n) is 14.3. The number of aromatic nitrogens is 2. The molecule has 41 heavy (non-hydrogen) atoms. The minimum absolute atomic E-state index is 0.000882. The number of aryl methyl sites for hydroxylation is 1. The molecule has 7 heteroatoms. The minimum Gasteiger partial charge on any atom is -0.507 e. The minimum atomic E-state index is -0.303. The number of benzene rings is 3. The fourth-order valence-corrected chi connectivity index (χ4v) is 5.42. The zero-order valence-corrected chi connectivity index (χ0v) is 24.2. The molecule has 7 nitrogen and oxygen atoms in total. The highest BCUT2D eigenvalue weighted by Gasteiger charge is 2.26. The summed E-state index contributed by atoms with van der Waals surface area (Å²) in [5.41, 5.74) is 6.16. The Morgan fingerprint density at radius 1 is 0.976 bits per heavy atom. The number of rotatable bonds is 6. The van der Waals surface area contributed by atoms with Crippen LogP contribution in [0.5, 0.6) is 5.75 Å². The van der Waals surface area contributed by atoms with Crippen molar-refractivity contribution in [3.05, 3.63) is 101 Å². The van der Waals surface area contributed by atoms with Gasteiger partial charge in [0.2, 0.25) is 0 Å². The second kappa shape index (κ2) is 11.6. The average molecular weight is 551 g/mol. The van der Waals surface area contributed by atoms with E-state index in [0.717, 1.165) is 48.1 Å². The summed E-state index contributed by atoms with van der Waals surface area (Å²) in [7, 11) is 0. The largest absolute Gasteiger partial charge is 0.507 e. The molecule has 2 amide bonds. The van der Waals surface area contributed by atoms with Crippen molar-refractivity contribution >= 4 is 17.6 Å². The first-order valence-corrected chi connectivity index (χ1v) is 14.3. The number of anilines is 1. The zero-order chi connectivity index (χ0) is 29.1. The van der Waals surface area contributed by atoms with Crippen LogP contribution in [0.4, 0.5) is 10.5 Å². The molecule has 0 spiro atoms. The molecule has 3 N–H and O–H groups in total. The van der Waals surface area contributed by atoms with Crippen molar-refractivity contribution < 1.29 is 14.7 Å². The lowest BCUT2D eigenvalue weighted by atomic mass is 9.87. The number of hydrogen-bond acceptors (Lipinski definition) is 4. The Bertz CT molecular complexity index is 1560. The van der Waals surface area contributed by atoms with Gasteiger partial charge in [-0.2, -0.15) is 9.78 Å². The lowest BCUT2D eigenvalue weighted by Gasteiger charge is -2.19. The molecule has 0 bridgehead atoms. The van der Waals surface area contributed by atoms with Crippen LogP contribution in [0.25, 0.3) is 11.3 Å². The SMILES string of the molecule is Cc1cccc(CNC(=O)n2nc(-c3cc(NC(=O)c4ccc(C(C)(C)C)cc4)ccc3O)cc2C2CCCC2)c1. The standard InChI is InChI=1S/C34H38N4O3/c1-22-8-7-9-23(18-22)21-35-33(41)38-30(24-10-5-6-11-24)20-29(37-38)28-19-27(16-17-31(28)39)36-32(40)25-12-14-26(15-13-25)34(2,3)4/h7-9,12-20,24,39H,5-6,10-11,21H2,1-4H3,(H,35,41)(H,36,40). The molecule has 0 saturated heterocycles. The second-order valence-corrected chi connectivity index (χ2v) is 12.0. The van der Waals surface area contributed by atoms with E-state index >= 15 is 0 Å². The molecule has 212 valence electrons. The summed E-state index contributed by atoms with van der Waals surface area (Å²) in [6.07, 6.45) is 4.21. The Labute approximate surface area is 241 Å². The molecule has 1 heterocycles. The van der Waals surface area contributed by atoms with E-state index in [0.29, 0.717) is 29.1 Å². The molecule has 1 fully saturated rings. The van der Waals surface area contributed by atoms with Gasteiger partial charge in [-0.15, -0.1) is 0 Å². The van der Waals surface area contributed by atoms with Crippen LogP contribution in [0.15, 0.2) is 72.8 Å². The van der Waals surface area contributed by atoms with E-state index in [-0.39, 0.29) is 29.0 Å².